The lowest BCUT2D eigenvalue weighted by Crippen LogP contribution is -2.23. The van der Waals surface area contributed by atoms with Crippen LogP contribution in [0.4, 0.5) is 5.69 Å². The Morgan fingerprint density at radius 2 is 2.00 bits per heavy atom. The van der Waals surface area contributed by atoms with Crippen LogP contribution in [0.3, 0.4) is 0 Å². The lowest BCUT2D eigenvalue weighted by atomic mass is 10.1. The van der Waals surface area contributed by atoms with Crippen molar-refractivity contribution in [2.24, 2.45) is 0 Å². The summed E-state index contributed by atoms with van der Waals surface area (Å²) in [6, 6.07) is 9.83. The minimum absolute atomic E-state index is 0.536. The van der Waals surface area contributed by atoms with E-state index in [2.05, 4.69) is 10.9 Å². The van der Waals surface area contributed by atoms with Gasteiger partial charge in [-0.15, -0.1) is 0 Å². The Morgan fingerprint density at radius 3 is 2.83 bits per heavy atom. The van der Waals surface area contributed by atoms with E-state index in [1.165, 1.54) is 0 Å². The number of allylic oxidation sites excluding steroid dienone is 1. The van der Waals surface area contributed by atoms with Gasteiger partial charge in [-0.3, -0.25) is 10.9 Å². The number of anilines is 1. The fourth-order valence-corrected chi connectivity index (χ4v) is 1.12. The first-order chi connectivity index (χ1) is 5.90. The van der Waals surface area contributed by atoms with Gasteiger partial charge < -0.3 is 0 Å². The molecule has 1 aromatic carbocycles. The second-order valence-corrected chi connectivity index (χ2v) is 2.51. The normalized spacial score (nSPS) is 13.1. The molecule has 0 atom stereocenters. The topological polar surface area (TPSA) is 47.9 Å². The Labute approximate surface area is 70.3 Å². The van der Waals surface area contributed by atoms with Crippen LogP contribution >= 0.6 is 0 Å². The van der Waals surface area contributed by atoms with Crippen molar-refractivity contribution in [1.29, 1.82) is 5.26 Å². The Bertz CT molecular complexity index is 374. The fraction of sp³-hybridized carbons (Fsp3) is 0. The van der Waals surface area contributed by atoms with Crippen molar-refractivity contribution in [3.63, 3.8) is 0 Å². The molecule has 0 unspecified atom stereocenters. The van der Waals surface area contributed by atoms with Crippen molar-refractivity contribution < 1.29 is 0 Å². The molecule has 0 aliphatic carbocycles. The maximum Gasteiger partial charge on any atom is 0.132 e. The van der Waals surface area contributed by atoms with E-state index < -0.39 is 0 Å². The highest BCUT2D eigenvalue weighted by Crippen LogP contribution is 2.19. The lowest BCUT2D eigenvalue weighted by molar-refractivity contribution is 0.996. The molecule has 1 aliphatic heterocycles. The van der Waals surface area contributed by atoms with E-state index in [1.54, 1.807) is 0 Å². The minimum Gasteiger partial charge on any atom is -0.300 e. The summed E-state index contributed by atoms with van der Waals surface area (Å²) < 4.78 is 0. The summed E-state index contributed by atoms with van der Waals surface area (Å²) in [5.41, 5.74) is 8.27. The van der Waals surface area contributed by atoms with Gasteiger partial charge in [-0.25, -0.2) is 0 Å². The van der Waals surface area contributed by atoms with E-state index in [0.717, 1.165) is 11.3 Å². The predicted molar refractivity (Wildman–Crippen MR) is 46.8 cm³/mol. The average molecular weight is 157 g/mol. The maximum absolute atomic E-state index is 8.60. The third-order valence-corrected chi connectivity index (χ3v) is 1.71. The van der Waals surface area contributed by atoms with Gasteiger partial charge in [-0.1, -0.05) is 18.2 Å². The molecule has 0 saturated carbocycles. The second kappa shape index (κ2) is 2.59. The number of nitrogens with zero attached hydrogens (tertiary/aromatic N) is 1. The molecule has 58 valence electrons. The highest BCUT2D eigenvalue weighted by molar-refractivity contribution is 5.72. The highest BCUT2D eigenvalue weighted by Gasteiger charge is 2.05. The van der Waals surface area contributed by atoms with Crippen LogP contribution in [-0.2, 0) is 0 Å². The van der Waals surface area contributed by atoms with Crippen LogP contribution in [0, 0.1) is 11.3 Å². The first-order valence-corrected chi connectivity index (χ1v) is 3.63. The monoisotopic (exact) mass is 157 g/mol. The molecule has 0 spiro atoms. The SMILES string of the molecule is N#CC1=Cc2ccccc2NN1. The Morgan fingerprint density at radius 1 is 1.17 bits per heavy atom. The number of hydrogen-bond donors (Lipinski definition) is 2. The summed E-state index contributed by atoms with van der Waals surface area (Å²) in [7, 11) is 0. The molecule has 1 aliphatic rings. The first kappa shape index (κ1) is 6.74. The number of hydrogen-bond acceptors (Lipinski definition) is 3. The van der Waals surface area contributed by atoms with Gasteiger partial charge in [0.05, 0.1) is 5.69 Å². The van der Waals surface area contributed by atoms with Crippen LogP contribution in [0.15, 0.2) is 30.0 Å². The zero-order valence-corrected chi connectivity index (χ0v) is 6.33. The molecule has 3 nitrogen and oxygen atoms in total. The molecule has 12 heavy (non-hydrogen) atoms. The predicted octanol–water partition coefficient (Wildman–Crippen LogP) is 1.48. The van der Waals surface area contributed by atoms with Crippen molar-refractivity contribution in [2.75, 3.05) is 5.43 Å². The molecule has 1 heterocycles. The van der Waals surface area contributed by atoms with Crippen LogP contribution < -0.4 is 10.9 Å². The second-order valence-electron chi connectivity index (χ2n) is 2.51. The molecule has 3 heteroatoms. The molecule has 2 N–H and O–H groups in total. The Kier molecular flexibility index (Phi) is 1.45. The van der Waals surface area contributed by atoms with Crippen LogP contribution in [0.2, 0.25) is 0 Å². The van der Waals surface area contributed by atoms with Crippen LogP contribution in [0.5, 0.6) is 0 Å². The van der Waals surface area contributed by atoms with Gasteiger partial charge in [-0.2, -0.15) is 5.26 Å². The van der Waals surface area contributed by atoms with Gasteiger partial charge in [0, 0.05) is 5.56 Å². The van der Waals surface area contributed by atoms with Gasteiger partial charge in [0.25, 0.3) is 0 Å². The maximum atomic E-state index is 8.60. The summed E-state index contributed by atoms with van der Waals surface area (Å²) in [5.74, 6) is 0. The molecule has 2 rings (SSSR count). The molecule has 0 fully saturated rings. The largest absolute Gasteiger partial charge is 0.300 e. The average Bonchev–Trinajstić information content (AvgIpc) is 2.17. The molecular formula is C9H7N3. The van der Waals surface area contributed by atoms with E-state index in [4.69, 9.17) is 5.26 Å². The van der Waals surface area contributed by atoms with E-state index in [9.17, 15) is 0 Å². The van der Waals surface area contributed by atoms with E-state index in [0.29, 0.717) is 5.70 Å². The number of benzene rings is 1. The fourth-order valence-electron chi connectivity index (χ4n) is 1.12. The third kappa shape index (κ3) is 0.995. The van der Waals surface area contributed by atoms with Crippen molar-refractivity contribution in [1.82, 2.24) is 5.43 Å². The van der Waals surface area contributed by atoms with E-state index in [-0.39, 0.29) is 0 Å². The Hall–Kier alpha value is -1.95. The van der Waals surface area contributed by atoms with Crippen molar-refractivity contribution >= 4 is 11.8 Å². The summed E-state index contributed by atoms with van der Waals surface area (Å²) in [6.07, 6.45) is 1.81. The van der Waals surface area contributed by atoms with Crippen LogP contribution in [0.25, 0.3) is 6.08 Å². The Balaban J connectivity index is 2.49. The molecule has 0 saturated heterocycles. The third-order valence-electron chi connectivity index (χ3n) is 1.71. The number of nitrogens with one attached hydrogen (secondary N) is 2. The summed E-state index contributed by atoms with van der Waals surface area (Å²) >= 11 is 0. The zero-order valence-electron chi connectivity index (χ0n) is 6.33. The lowest BCUT2D eigenvalue weighted by Gasteiger charge is -2.15. The van der Waals surface area contributed by atoms with Crippen molar-refractivity contribution in [3.8, 4) is 6.07 Å². The number of para-hydroxylation sites is 1. The molecule has 0 radical (unpaired) electrons. The molecule has 0 bridgehead atoms. The molecule has 0 aromatic heterocycles. The molecular weight excluding hydrogens is 150 g/mol. The molecule has 0 amide bonds. The van der Waals surface area contributed by atoms with E-state index in [1.807, 2.05) is 36.4 Å². The summed E-state index contributed by atoms with van der Waals surface area (Å²) in [4.78, 5) is 0. The van der Waals surface area contributed by atoms with Gasteiger partial charge in [-0.05, 0) is 12.1 Å². The van der Waals surface area contributed by atoms with Crippen molar-refractivity contribution in [2.45, 2.75) is 0 Å². The van der Waals surface area contributed by atoms with Gasteiger partial charge in [0.1, 0.15) is 11.8 Å². The number of nitriles is 1. The summed E-state index contributed by atoms with van der Waals surface area (Å²) in [6.45, 7) is 0. The standard InChI is InChI=1S/C9H7N3/c10-6-8-5-7-3-1-2-4-9(7)12-11-8/h1-5,11-12H. The van der Waals surface area contributed by atoms with Gasteiger partial charge in [0.15, 0.2) is 0 Å². The zero-order chi connectivity index (χ0) is 8.39. The first-order valence-electron chi connectivity index (χ1n) is 3.63. The number of fused-ring (bicyclic) bond motifs is 1. The quantitative estimate of drug-likeness (QED) is 0.599. The van der Waals surface area contributed by atoms with Crippen LogP contribution in [-0.4, -0.2) is 0 Å². The number of hydrazine groups is 1. The van der Waals surface area contributed by atoms with Crippen molar-refractivity contribution in [3.05, 3.63) is 35.5 Å². The van der Waals surface area contributed by atoms with E-state index >= 15 is 0 Å². The van der Waals surface area contributed by atoms with Crippen LogP contribution in [0.1, 0.15) is 5.56 Å². The van der Waals surface area contributed by atoms with Gasteiger partial charge >= 0.3 is 0 Å². The minimum atomic E-state index is 0.536. The highest BCUT2D eigenvalue weighted by atomic mass is 15.4. The smallest absolute Gasteiger partial charge is 0.132 e. The molecule has 1 aromatic rings. The number of rotatable bonds is 0. The summed E-state index contributed by atoms with van der Waals surface area (Å²) in [5, 5.41) is 8.60. The van der Waals surface area contributed by atoms with Gasteiger partial charge in [0.2, 0.25) is 0 Å².